The second-order valence-electron chi connectivity index (χ2n) is 4.46. The number of thiophene rings is 1. The normalized spacial score (nSPS) is 26.3. The van der Waals surface area contributed by atoms with Gasteiger partial charge in [0.15, 0.2) is 0 Å². The summed E-state index contributed by atoms with van der Waals surface area (Å²) in [6.07, 6.45) is 0.970. The van der Waals surface area contributed by atoms with Crippen LogP contribution in [0.4, 0.5) is 0 Å². The molecule has 2 unspecified atom stereocenters. The van der Waals surface area contributed by atoms with Gasteiger partial charge < -0.3 is 14.8 Å². The van der Waals surface area contributed by atoms with Gasteiger partial charge in [0.25, 0.3) is 0 Å². The summed E-state index contributed by atoms with van der Waals surface area (Å²) >= 11 is 5.25. The van der Waals surface area contributed by atoms with Crippen molar-refractivity contribution in [2.24, 2.45) is 0 Å². The molecule has 96 valence electrons. The molecule has 1 fully saturated rings. The lowest BCUT2D eigenvalue weighted by Crippen LogP contribution is -2.43. The third kappa shape index (κ3) is 3.29. The maximum atomic E-state index is 5.60. The zero-order valence-corrected chi connectivity index (χ0v) is 12.6. The Kier molecular flexibility index (Phi) is 4.60. The molecule has 1 aliphatic heterocycles. The van der Waals surface area contributed by atoms with Gasteiger partial charge in [0, 0.05) is 47.5 Å². The first-order valence-corrected chi connectivity index (χ1v) is 7.43. The number of hydrogen-bond acceptors (Lipinski definition) is 4. The highest BCUT2D eigenvalue weighted by molar-refractivity contribution is 9.10. The molecular formula is C12H18BrNO2S. The predicted octanol–water partition coefficient (Wildman–Crippen LogP) is 2.97. The zero-order chi connectivity index (χ0) is 12.3. The lowest BCUT2D eigenvalue weighted by Gasteiger charge is -2.27. The summed E-state index contributed by atoms with van der Waals surface area (Å²) in [7, 11) is 1.77. The summed E-state index contributed by atoms with van der Waals surface area (Å²) in [5.74, 6) is 0. The number of ether oxygens (including phenoxy) is 2. The Labute approximate surface area is 115 Å². The molecule has 0 spiro atoms. The minimum absolute atomic E-state index is 0.136. The van der Waals surface area contributed by atoms with Crippen molar-refractivity contribution in [3.8, 4) is 0 Å². The van der Waals surface area contributed by atoms with Gasteiger partial charge in [-0.15, -0.1) is 11.3 Å². The predicted molar refractivity (Wildman–Crippen MR) is 73.6 cm³/mol. The Morgan fingerprint density at radius 3 is 3.06 bits per heavy atom. The summed E-state index contributed by atoms with van der Waals surface area (Å²) in [5, 5.41) is 5.64. The van der Waals surface area contributed by atoms with Crippen molar-refractivity contribution in [1.29, 1.82) is 0 Å². The van der Waals surface area contributed by atoms with Crippen LogP contribution in [-0.2, 0) is 9.47 Å². The average Bonchev–Trinajstić information content (AvgIpc) is 2.95. The Bertz CT molecular complexity index is 363. The molecule has 2 rings (SSSR count). The molecule has 0 aromatic carbocycles. The Morgan fingerprint density at radius 1 is 1.71 bits per heavy atom. The molecule has 0 radical (unpaired) electrons. The molecule has 1 aliphatic rings. The van der Waals surface area contributed by atoms with E-state index in [9.17, 15) is 0 Å². The zero-order valence-electron chi connectivity index (χ0n) is 10.2. The molecule has 1 aromatic rings. The minimum atomic E-state index is -0.136. The summed E-state index contributed by atoms with van der Waals surface area (Å²) in [6, 6.07) is 2.51. The van der Waals surface area contributed by atoms with Crippen LogP contribution < -0.4 is 5.32 Å². The lowest BCUT2D eigenvalue weighted by atomic mass is 10.0. The van der Waals surface area contributed by atoms with E-state index in [1.54, 1.807) is 18.4 Å². The second kappa shape index (κ2) is 5.80. The molecular weight excluding hydrogens is 302 g/mol. The molecule has 17 heavy (non-hydrogen) atoms. The van der Waals surface area contributed by atoms with Gasteiger partial charge >= 0.3 is 0 Å². The molecule has 0 aliphatic carbocycles. The first kappa shape index (κ1) is 13.5. The summed E-state index contributed by atoms with van der Waals surface area (Å²) in [5.41, 5.74) is -0.136. The molecule has 1 aromatic heterocycles. The monoisotopic (exact) mass is 319 g/mol. The quantitative estimate of drug-likeness (QED) is 0.905. The van der Waals surface area contributed by atoms with Gasteiger partial charge in [0.05, 0.1) is 6.61 Å². The van der Waals surface area contributed by atoms with Crippen molar-refractivity contribution in [2.75, 3.05) is 26.9 Å². The van der Waals surface area contributed by atoms with E-state index in [1.165, 1.54) is 4.88 Å². The number of halogens is 1. The van der Waals surface area contributed by atoms with E-state index in [-0.39, 0.29) is 5.60 Å². The van der Waals surface area contributed by atoms with Crippen LogP contribution in [0.25, 0.3) is 0 Å². The van der Waals surface area contributed by atoms with Crippen molar-refractivity contribution in [3.05, 3.63) is 20.8 Å². The Balaban J connectivity index is 1.89. The maximum absolute atomic E-state index is 5.60. The van der Waals surface area contributed by atoms with E-state index < -0.39 is 0 Å². The van der Waals surface area contributed by atoms with Crippen LogP contribution in [0.3, 0.4) is 0 Å². The molecule has 5 heteroatoms. The van der Waals surface area contributed by atoms with E-state index in [0.29, 0.717) is 12.6 Å². The van der Waals surface area contributed by atoms with Gasteiger partial charge in [-0.05, 0) is 28.9 Å². The van der Waals surface area contributed by atoms with Crippen molar-refractivity contribution in [1.82, 2.24) is 5.32 Å². The second-order valence-corrected chi connectivity index (χ2v) is 6.32. The molecule has 2 heterocycles. The van der Waals surface area contributed by atoms with Gasteiger partial charge in [0.1, 0.15) is 5.60 Å². The Morgan fingerprint density at radius 2 is 2.53 bits per heavy atom. The van der Waals surface area contributed by atoms with Crippen molar-refractivity contribution < 1.29 is 9.47 Å². The third-order valence-corrected chi connectivity index (χ3v) is 5.12. The highest BCUT2D eigenvalue weighted by Gasteiger charge is 2.35. The molecule has 3 nitrogen and oxygen atoms in total. The molecule has 0 bridgehead atoms. The fraction of sp³-hybridized carbons (Fsp3) is 0.667. The first-order valence-electron chi connectivity index (χ1n) is 5.75. The number of rotatable bonds is 5. The number of nitrogens with one attached hydrogen (secondary N) is 1. The largest absolute Gasteiger partial charge is 0.378 e. The SMILES string of the molecule is COC1(CNC(C)c2cc(Br)cs2)CCOC1. The van der Waals surface area contributed by atoms with Crippen molar-refractivity contribution in [2.45, 2.75) is 25.0 Å². The maximum Gasteiger partial charge on any atom is 0.106 e. The topological polar surface area (TPSA) is 30.5 Å². The number of methoxy groups -OCH3 is 1. The number of hydrogen-bond donors (Lipinski definition) is 1. The van der Waals surface area contributed by atoms with Gasteiger partial charge in [-0.2, -0.15) is 0 Å². The fourth-order valence-electron chi connectivity index (χ4n) is 1.96. The summed E-state index contributed by atoms with van der Waals surface area (Å²) in [4.78, 5) is 1.34. The van der Waals surface area contributed by atoms with Crippen molar-refractivity contribution in [3.63, 3.8) is 0 Å². The summed E-state index contributed by atoms with van der Waals surface area (Å²) in [6.45, 7) is 4.50. The molecule has 0 amide bonds. The van der Waals surface area contributed by atoms with E-state index in [2.05, 4.69) is 39.6 Å². The Hall–Kier alpha value is 0.0600. The van der Waals surface area contributed by atoms with Crippen molar-refractivity contribution >= 4 is 27.3 Å². The van der Waals surface area contributed by atoms with E-state index in [0.717, 1.165) is 24.0 Å². The highest BCUT2D eigenvalue weighted by Crippen LogP contribution is 2.27. The van der Waals surface area contributed by atoms with Crippen LogP contribution in [0, 0.1) is 0 Å². The van der Waals surface area contributed by atoms with Crippen LogP contribution in [-0.4, -0.2) is 32.5 Å². The van der Waals surface area contributed by atoms with Crippen LogP contribution in [0.5, 0.6) is 0 Å². The third-order valence-electron chi connectivity index (χ3n) is 3.25. The fourth-order valence-corrected chi connectivity index (χ4v) is 3.43. The smallest absolute Gasteiger partial charge is 0.106 e. The standard InChI is InChI=1S/C12H18BrNO2S/c1-9(11-5-10(13)6-17-11)14-7-12(15-2)3-4-16-8-12/h5-6,9,14H,3-4,7-8H2,1-2H3. The van der Waals surface area contributed by atoms with Gasteiger partial charge in [-0.25, -0.2) is 0 Å². The van der Waals surface area contributed by atoms with Crippen LogP contribution in [0.15, 0.2) is 15.9 Å². The van der Waals surface area contributed by atoms with Gasteiger partial charge in [-0.1, -0.05) is 0 Å². The molecule has 1 saturated heterocycles. The first-order chi connectivity index (χ1) is 8.15. The molecule has 0 saturated carbocycles. The van der Waals surface area contributed by atoms with E-state index >= 15 is 0 Å². The van der Waals surface area contributed by atoms with Crippen LogP contribution in [0.2, 0.25) is 0 Å². The lowest BCUT2D eigenvalue weighted by molar-refractivity contribution is -0.0171. The average molecular weight is 320 g/mol. The van der Waals surface area contributed by atoms with Gasteiger partial charge in [-0.3, -0.25) is 0 Å². The van der Waals surface area contributed by atoms with E-state index in [4.69, 9.17) is 9.47 Å². The van der Waals surface area contributed by atoms with E-state index in [1.807, 2.05) is 0 Å². The van der Waals surface area contributed by atoms with Crippen LogP contribution in [0.1, 0.15) is 24.3 Å². The van der Waals surface area contributed by atoms with Gasteiger partial charge in [0.2, 0.25) is 0 Å². The minimum Gasteiger partial charge on any atom is -0.378 e. The molecule has 1 N–H and O–H groups in total. The summed E-state index contributed by atoms with van der Waals surface area (Å²) < 4.78 is 12.2. The van der Waals surface area contributed by atoms with Crippen LogP contribution >= 0.6 is 27.3 Å². The highest BCUT2D eigenvalue weighted by atomic mass is 79.9. The molecule has 2 atom stereocenters.